The van der Waals surface area contributed by atoms with Gasteiger partial charge in [0.25, 0.3) is 0 Å². The standard InChI is InChI=1S/C27H27N5O2S/c1-3-24(33)28-21-7-4-8-22(16-21)34-26-25-23(13-15-35-25)30-27(31-26)29-20-11-9-18(10-12-20)19-6-5-14-32(2)17-19/h3-4,7-13,15-16,19H,1,5-6,14,17H2,2H3,(H,28,33)(H,29,30,31). The number of benzene rings is 2. The molecule has 0 radical (unpaired) electrons. The number of nitrogens with one attached hydrogen (secondary N) is 2. The molecule has 0 aliphatic carbocycles. The average Bonchev–Trinajstić information content (AvgIpc) is 3.34. The summed E-state index contributed by atoms with van der Waals surface area (Å²) in [6.07, 6.45) is 3.70. The fraction of sp³-hybridized carbons (Fsp3) is 0.222. The van der Waals surface area contributed by atoms with Gasteiger partial charge >= 0.3 is 0 Å². The van der Waals surface area contributed by atoms with Crippen LogP contribution in [0.5, 0.6) is 11.6 Å². The van der Waals surface area contributed by atoms with Gasteiger partial charge in [-0.15, -0.1) is 11.3 Å². The molecule has 1 aliphatic rings. The molecule has 2 aromatic heterocycles. The number of rotatable bonds is 7. The lowest BCUT2D eigenvalue weighted by Crippen LogP contribution is -2.30. The quantitative estimate of drug-likeness (QED) is 0.305. The maximum absolute atomic E-state index is 11.6. The molecule has 0 bridgehead atoms. The third-order valence-electron chi connectivity index (χ3n) is 6.04. The van der Waals surface area contributed by atoms with Crippen LogP contribution in [0.2, 0.25) is 0 Å². The number of thiophene rings is 1. The number of carbonyl (C=O) groups is 1. The zero-order chi connectivity index (χ0) is 24.2. The Kier molecular flexibility index (Phi) is 6.74. The summed E-state index contributed by atoms with van der Waals surface area (Å²) < 4.78 is 6.98. The van der Waals surface area contributed by atoms with Crippen LogP contribution in [0.4, 0.5) is 17.3 Å². The van der Waals surface area contributed by atoms with E-state index in [9.17, 15) is 4.79 Å². The first-order valence-electron chi connectivity index (χ1n) is 11.6. The van der Waals surface area contributed by atoms with Gasteiger partial charge in [-0.25, -0.2) is 4.98 Å². The van der Waals surface area contributed by atoms with Gasteiger partial charge in [0, 0.05) is 24.0 Å². The van der Waals surface area contributed by atoms with Crippen molar-refractivity contribution >= 4 is 44.8 Å². The molecule has 2 aromatic carbocycles. The Morgan fingerprint density at radius 1 is 1.17 bits per heavy atom. The molecule has 1 atom stereocenters. The predicted molar refractivity (Wildman–Crippen MR) is 142 cm³/mol. The molecule has 5 rings (SSSR count). The van der Waals surface area contributed by atoms with E-state index in [2.05, 4.69) is 63.4 Å². The van der Waals surface area contributed by atoms with Crippen LogP contribution >= 0.6 is 11.3 Å². The number of likely N-dealkylation sites (tertiary alicyclic amines) is 1. The van der Waals surface area contributed by atoms with Crippen molar-refractivity contribution in [2.24, 2.45) is 0 Å². The van der Waals surface area contributed by atoms with E-state index < -0.39 is 0 Å². The van der Waals surface area contributed by atoms with E-state index in [-0.39, 0.29) is 5.91 Å². The molecule has 178 valence electrons. The smallest absolute Gasteiger partial charge is 0.247 e. The molecule has 0 spiro atoms. The van der Waals surface area contributed by atoms with Crippen LogP contribution in [0.1, 0.15) is 24.3 Å². The second-order valence-corrected chi connectivity index (χ2v) is 9.58. The summed E-state index contributed by atoms with van der Waals surface area (Å²) in [6, 6.07) is 17.7. The van der Waals surface area contributed by atoms with E-state index in [1.54, 1.807) is 12.1 Å². The SMILES string of the molecule is C=CC(=O)Nc1cccc(Oc2nc(Nc3ccc(C4CCCN(C)C4)cc3)nc3ccsc23)c1. The Bertz CT molecular complexity index is 1350. The van der Waals surface area contributed by atoms with Crippen molar-refractivity contribution < 1.29 is 9.53 Å². The first-order valence-corrected chi connectivity index (χ1v) is 12.5. The number of fused-ring (bicyclic) bond motifs is 1. The number of amides is 1. The minimum Gasteiger partial charge on any atom is -0.437 e. The summed E-state index contributed by atoms with van der Waals surface area (Å²) in [4.78, 5) is 23.3. The molecule has 0 saturated carbocycles. The molecule has 35 heavy (non-hydrogen) atoms. The highest BCUT2D eigenvalue weighted by atomic mass is 32.1. The van der Waals surface area contributed by atoms with E-state index in [4.69, 9.17) is 4.74 Å². The fourth-order valence-corrected chi connectivity index (χ4v) is 5.07. The van der Waals surface area contributed by atoms with Gasteiger partial charge in [-0.1, -0.05) is 24.8 Å². The largest absolute Gasteiger partial charge is 0.437 e. The summed E-state index contributed by atoms with van der Waals surface area (Å²) >= 11 is 1.52. The third-order valence-corrected chi connectivity index (χ3v) is 6.93. The molecule has 7 nitrogen and oxygen atoms in total. The van der Waals surface area contributed by atoms with Gasteiger partial charge in [0.15, 0.2) is 0 Å². The van der Waals surface area contributed by atoms with Crippen LogP contribution in [0.25, 0.3) is 10.2 Å². The van der Waals surface area contributed by atoms with Gasteiger partial charge in [0.2, 0.25) is 17.7 Å². The van der Waals surface area contributed by atoms with Gasteiger partial charge in [0.1, 0.15) is 10.4 Å². The van der Waals surface area contributed by atoms with Crippen molar-refractivity contribution in [3.63, 3.8) is 0 Å². The highest BCUT2D eigenvalue weighted by molar-refractivity contribution is 7.17. The number of aromatic nitrogens is 2. The number of hydrogen-bond acceptors (Lipinski definition) is 7. The minimum absolute atomic E-state index is 0.280. The molecular formula is C27H27N5O2S. The van der Waals surface area contributed by atoms with Crippen molar-refractivity contribution in [3.8, 4) is 11.6 Å². The van der Waals surface area contributed by atoms with E-state index in [1.165, 1.54) is 42.4 Å². The Balaban J connectivity index is 1.35. The molecule has 1 unspecified atom stereocenters. The lowest BCUT2D eigenvalue weighted by molar-refractivity contribution is -0.111. The number of anilines is 3. The van der Waals surface area contributed by atoms with Gasteiger partial charge < -0.3 is 20.3 Å². The summed E-state index contributed by atoms with van der Waals surface area (Å²) in [6.45, 7) is 5.76. The van der Waals surface area contributed by atoms with Crippen LogP contribution in [0.3, 0.4) is 0 Å². The molecule has 4 aromatic rings. The second kappa shape index (κ2) is 10.2. The summed E-state index contributed by atoms with van der Waals surface area (Å²) in [5.41, 5.74) is 3.71. The minimum atomic E-state index is -0.280. The van der Waals surface area contributed by atoms with Crippen LogP contribution in [0.15, 0.2) is 72.6 Å². The highest BCUT2D eigenvalue weighted by Gasteiger charge is 2.19. The average molecular weight is 486 g/mol. The molecule has 3 heterocycles. The molecule has 8 heteroatoms. The van der Waals surface area contributed by atoms with Crippen LogP contribution in [-0.4, -0.2) is 40.9 Å². The van der Waals surface area contributed by atoms with Crippen LogP contribution in [0, 0.1) is 0 Å². The lowest BCUT2D eigenvalue weighted by atomic mass is 9.91. The zero-order valence-electron chi connectivity index (χ0n) is 19.5. The maximum atomic E-state index is 11.6. The predicted octanol–water partition coefficient (Wildman–Crippen LogP) is 6.16. The van der Waals surface area contributed by atoms with Crippen molar-refractivity contribution in [3.05, 3.63) is 78.2 Å². The number of nitrogens with zero attached hydrogens (tertiary/aromatic N) is 3. The van der Waals surface area contributed by atoms with Crippen molar-refractivity contribution in [2.75, 3.05) is 30.8 Å². The fourth-order valence-electron chi connectivity index (χ4n) is 4.31. The first kappa shape index (κ1) is 23.0. The number of piperidine rings is 1. The van der Waals surface area contributed by atoms with Gasteiger partial charge in [-0.3, -0.25) is 4.79 Å². The third kappa shape index (κ3) is 5.50. The second-order valence-electron chi connectivity index (χ2n) is 8.66. The molecule has 1 aliphatic heterocycles. The van der Waals surface area contributed by atoms with Crippen molar-refractivity contribution in [2.45, 2.75) is 18.8 Å². The van der Waals surface area contributed by atoms with E-state index in [0.717, 1.165) is 22.4 Å². The van der Waals surface area contributed by atoms with Crippen molar-refractivity contribution in [1.82, 2.24) is 14.9 Å². The van der Waals surface area contributed by atoms with Gasteiger partial charge in [-0.2, -0.15) is 4.98 Å². The highest BCUT2D eigenvalue weighted by Crippen LogP contribution is 2.34. The normalized spacial score (nSPS) is 16.1. The Hall–Kier alpha value is -3.75. The molecule has 2 N–H and O–H groups in total. The maximum Gasteiger partial charge on any atom is 0.247 e. The van der Waals surface area contributed by atoms with Gasteiger partial charge in [0.05, 0.1) is 5.52 Å². The molecule has 1 amide bonds. The summed E-state index contributed by atoms with van der Waals surface area (Å²) in [5.74, 6) is 1.79. The lowest BCUT2D eigenvalue weighted by Gasteiger charge is -2.30. The van der Waals surface area contributed by atoms with Crippen molar-refractivity contribution in [1.29, 1.82) is 0 Å². The monoisotopic (exact) mass is 485 g/mol. The number of carbonyl (C=O) groups excluding carboxylic acids is 1. The van der Waals surface area contributed by atoms with E-state index in [0.29, 0.717) is 29.2 Å². The topological polar surface area (TPSA) is 79.4 Å². The molecular weight excluding hydrogens is 458 g/mol. The first-order chi connectivity index (χ1) is 17.1. The van der Waals surface area contributed by atoms with E-state index in [1.807, 2.05) is 23.6 Å². The van der Waals surface area contributed by atoms with E-state index >= 15 is 0 Å². The molecule has 1 saturated heterocycles. The van der Waals surface area contributed by atoms with Gasteiger partial charge in [-0.05, 0) is 79.7 Å². The number of hydrogen-bond donors (Lipinski definition) is 2. The van der Waals surface area contributed by atoms with Crippen LogP contribution < -0.4 is 15.4 Å². The summed E-state index contributed by atoms with van der Waals surface area (Å²) in [5, 5.41) is 8.03. The Morgan fingerprint density at radius 3 is 2.83 bits per heavy atom. The number of likely N-dealkylation sites (N-methyl/N-ethyl adjacent to an activating group) is 1. The number of ether oxygens (including phenoxy) is 1. The Morgan fingerprint density at radius 2 is 2.03 bits per heavy atom. The van der Waals surface area contributed by atoms with Crippen LogP contribution in [-0.2, 0) is 4.79 Å². The molecule has 1 fully saturated rings. The summed E-state index contributed by atoms with van der Waals surface area (Å²) in [7, 11) is 2.19. The zero-order valence-corrected chi connectivity index (χ0v) is 20.3. The Labute approximate surface area is 208 Å².